The maximum atomic E-state index is 13.3. The number of nitrogens with one attached hydrogen (secondary N) is 1. The molecule has 0 spiro atoms. The fraction of sp³-hybridized carbons (Fsp3) is 0.0667. The fourth-order valence-corrected chi connectivity index (χ4v) is 2.26. The molecule has 0 radical (unpaired) electrons. The highest BCUT2D eigenvalue weighted by atomic mass is 79.9. The van der Waals surface area contributed by atoms with E-state index in [9.17, 15) is 4.39 Å². The molecule has 2 rings (SSSR count). The summed E-state index contributed by atoms with van der Waals surface area (Å²) < 4.78 is 14.1. The van der Waals surface area contributed by atoms with Gasteiger partial charge in [0.2, 0.25) is 0 Å². The van der Waals surface area contributed by atoms with Gasteiger partial charge in [-0.1, -0.05) is 0 Å². The predicted octanol–water partition coefficient (Wildman–Crippen LogP) is 3.94. The van der Waals surface area contributed by atoms with Crippen molar-refractivity contribution in [2.75, 3.05) is 5.32 Å². The summed E-state index contributed by atoms with van der Waals surface area (Å²) in [6.45, 7) is 0.386. The van der Waals surface area contributed by atoms with Gasteiger partial charge in [-0.05, 0) is 57.9 Å². The Morgan fingerprint density at radius 2 is 1.80 bits per heavy atom. The molecule has 0 aromatic heterocycles. The van der Waals surface area contributed by atoms with Gasteiger partial charge >= 0.3 is 0 Å². The molecule has 0 bridgehead atoms. The van der Waals surface area contributed by atoms with Crippen LogP contribution in [0.1, 0.15) is 16.7 Å². The molecule has 2 aromatic carbocycles. The van der Waals surface area contributed by atoms with E-state index in [0.29, 0.717) is 23.2 Å². The fourth-order valence-electron chi connectivity index (χ4n) is 1.74. The number of hydrogen-bond donors (Lipinski definition) is 1. The van der Waals surface area contributed by atoms with Crippen LogP contribution in [0.2, 0.25) is 0 Å². The Hall–Kier alpha value is -2.37. The summed E-state index contributed by atoms with van der Waals surface area (Å²) in [6, 6.07) is 13.3. The van der Waals surface area contributed by atoms with Crippen LogP contribution in [0.4, 0.5) is 10.1 Å². The number of benzene rings is 2. The summed E-state index contributed by atoms with van der Waals surface area (Å²) in [5.41, 5.74) is 2.32. The van der Waals surface area contributed by atoms with Crippen LogP contribution in [0.3, 0.4) is 0 Å². The Morgan fingerprint density at radius 1 is 1.05 bits per heavy atom. The first-order chi connectivity index (χ1) is 9.62. The lowest BCUT2D eigenvalue weighted by atomic mass is 10.1. The zero-order chi connectivity index (χ0) is 14.5. The summed E-state index contributed by atoms with van der Waals surface area (Å²) in [7, 11) is 0. The molecule has 0 heterocycles. The Labute approximate surface area is 124 Å². The lowest BCUT2D eigenvalue weighted by Crippen LogP contribution is -2.01. The number of hydrogen-bond acceptors (Lipinski definition) is 3. The molecule has 5 heteroatoms. The number of halogens is 2. The average molecular weight is 330 g/mol. The first-order valence-corrected chi connectivity index (χ1v) is 6.55. The quantitative estimate of drug-likeness (QED) is 0.927. The molecule has 2 aromatic rings. The van der Waals surface area contributed by atoms with E-state index in [0.717, 1.165) is 10.2 Å². The zero-order valence-electron chi connectivity index (χ0n) is 10.3. The van der Waals surface area contributed by atoms with Gasteiger partial charge in [-0.2, -0.15) is 10.5 Å². The molecule has 0 aliphatic carbocycles. The number of rotatable bonds is 3. The van der Waals surface area contributed by atoms with Gasteiger partial charge in [-0.25, -0.2) is 4.39 Å². The van der Waals surface area contributed by atoms with Crippen molar-refractivity contribution < 1.29 is 4.39 Å². The van der Waals surface area contributed by atoms with Crippen LogP contribution in [0, 0.1) is 28.5 Å². The van der Waals surface area contributed by atoms with E-state index in [1.54, 1.807) is 24.3 Å². The maximum Gasteiger partial charge on any atom is 0.124 e. The van der Waals surface area contributed by atoms with Gasteiger partial charge in [-0.15, -0.1) is 0 Å². The van der Waals surface area contributed by atoms with Crippen molar-refractivity contribution >= 4 is 21.6 Å². The second kappa shape index (κ2) is 6.18. The van der Waals surface area contributed by atoms with E-state index >= 15 is 0 Å². The van der Waals surface area contributed by atoms with Crippen molar-refractivity contribution in [1.29, 1.82) is 10.5 Å². The molecular weight excluding hydrogens is 321 g/mol. The van der Waals surface area contributed by atoms with Crippen molar-refractivity contribution in [2.24, 2.45) is 0 Å². The lowest BCUT2D eigenvalue weighted by Gasteiger charge is -2.09. The molecule has 0 fully saturated rings. The molecule has 3 nitrogen and oxygen atoms in total. The normalized spacial score (nSPS) is 9.60. The summed E-state index contributed by atoms with van der Waals surface area (Å²) >= 11 is 3.36. The first-order valence-electron chi connectivity index (χ1n) is 5.75. The van der Waals surface area contributed by atoms with Gasteiger partial charge < -0.3 is 5.32 Å². The molecule has 0 amide bonds. The van der Waals surface area contributed by atoms with E-state index in [2.05, 4.69) is 21.2 Å². The highest BCUT2D eigenvalue weighted by Crippen LogP contribution is 2.24. The van der Waals surface area contributed by atoms with Crippen LogP contribution >= 0.6 is 15.9 Å². The summed E-state index contributed by atoms with van der Waals surface area (Å²) in [6.07, 6.45) is 0. The SMILES string of the molecule is N#Cc1cc(F)cc(CNc2ccc(C#N)cc2Br)c1. The largest absolute Gasteiger partial charge is 0.380 e. The van der Waals surface area contributed by atoms with E-state index < -0.39 is 5.82 Å². The summed E-state index contributed by atoms with van der Waals surface area (Å²) in [5, 5.41) is 20.7. The van der Waals surface area contributed by atoms with Crippen molar-refractivity contribution in [2.45, 2.75) is 6.54 Å². The van der Waals surface area contributed by atoms with Gasteiger partial charge in [0, 0.05) is 16.7 Å². The van der Waals surface area contributed by atoms with Crippen LogP contribution in [0.15, 0.2) is 40.9 Å². The minimum absolute atomic E-state index is 0.292. The highest BCUT2D eigenvalue weighted by molar-refractivity contribution is 9.10. The molecule has 0 aliphatic heterocycles. The minimum Gasteiger partial charge on any atom is -0.380 e. The Morgan fingerprint density at radius 3 is 2.45 bits per heavy atom. The smallest absolute Gasteiger partial charge is 0.124 e. The average Bonchev–Trinajstić information content (AvgIpc) is 2.45. The Kier molecular flexibility index (Phi) is 4.34. The molecule has 0 aliphatic rings. The van der Waals surface area contributed by atoms with Gasteiger partial charge in [0.1, 0.15) is 5.82 Å². The number of nitrogens with zero attached hydrogens (tertiary/aromatic N) is 2. The highest BCUT2D eigenvalue weighted by Gasteiger charge is 2.03. The van der Waals surface area contributed by atoms with Gasteiger partial charge in [0.25, 0.3) is 0 Å². The van der Waals surface area contributed by atoms with E-state index in [-0.39, 0.29) is 0 Å². The van der Waals surface area contributed by atoms with Gasteiger partial charge in [0.15, 0.2) is 0 Å². The second-order valence-electron chi connectivity index (χ2n) is 4.12. The molecule has 0 atom stereocenters. The number of anilines is 1. The van der Waals surface area contributed by atoms with Crippen LogP contribution in [-0.2, 0) is 6.54 Å². The van der Waals surface area contributed by atoms with Crippen molar-refractivity contribution in [3.63, 3.8) is 0 Å². The molecule has 20 heavy (non-hydrogen) atoms. The van der Waals surface area contributed by atoms with Gasteiger partial charge in [-0.3, -0.25) is 0 Å². The van der Waals surface area contributed by atoms with Crippen molar-refractivity contribution in [3.05, 3.63) is 63.4 Å². The third-order valence-electron chi connectivity index (χ3n) is 2.67. The minimum atomic E-state index is -0.431. The zero-order valence-corrected chi connectivity index (χ0v) is 11.9. The predicted molar refractivity (Wildman–Crippen MR) is 77.3 cm³/mol. The van der Waals surface area contributed by atoms with E-state index in [4.69, 9.17) is 10.5 Å². The third kappa shape index (κ3) is 3.34. The Balaban J connectivity index is 2.15. The van der Waals surface area contributed by atoms with Crippen molar-refractivity contribution in [1.82, 2.24) is 0 Å². The van der Waals surface area contributed by atoms with Crippen LogP contribution in [0.25, 0.3) is 0 Å². The van der Waals surface area contributed by atoms with Gasteiger partial charge in [0.05, 0.1) is 23.3 Å². The molecular formula is C15H9BrFN3. The lowest BCUT2D eigenvalue weighted by molar-refractivity contribution is 0.625. The first kappa shape index (κ1) is 14.0. The van der Waals surface area contributed by atoms with Crippen LogP contribution in [-0.4, -0.2) is 0 Å². The third-order valence-corrected chi connectivity index (χ3v) is 3.32. The van der Waals surface area contributed by atoms with Crippen molar-refractivity contribution in [3.8, 4) is 12.1 Å². The molecule has 0 unspecified atom stereocenters. The monoisotopic (exact) mass is 329 g/mol. The van der Waals surface area contributed by atoms with Crippen LogP contribution in [0.5, 0.6) is 0 Å². The number of nitriles is 2. The van der Waals surface area contributed by atoms with Crippen LogP contribution < -0.4 is 5.32 Å². The Bertz CT molecular complexity index is 729. The van der Waals surface area contributed by atoms with E-state index in [1.807, 2.05) is 12.1 Å². The molecule has 1 N–H and O–H groups in total. The molecule has 0 saturated carbocycles. The second-order valence-corrected chi connectivity index (χ2v) is 4.97. The van der Waals surface area contributed by atoms with E-state index in [1.165, 1.54) is 12.1 Å². The topological polar surface area (TPSA) is 59.6 Å². The molecule has 0 saturated heterocycles. The standard InChI is InChI=1S/C15H9BrFN3/c16-14-6-10(7-18)1-2-15(14)20-9-12-3-11(8-19)4-13(17)5-12/h1-6,20H,9H2. The summed E-state index contributed by atoms with van der Waals surface area (Å²) in [4.78, 5) is 0. The maximum absolute atomic E-state index is 13.3. The molecule has 98 valence electrons. The summed E-state index contributed by atoms with van der Waals surface area (Å²) in [5.74, 6) is -0.431.